The highest BCUT2D eigenvalue weighted by molar-refractivity contribution is 5.74. The van der Waals surface area contributed by atoms with Crippen LogP contribution in [0.2, 0.25) is 0 Å². The van der Waals surface area contributed by atoms with E-state index in [2.05, 4.69) is 0 Å². The zero-order valence-corrected chi connectivity index (χ0v) is 8.63. The molecule has 0 saturated heterocycles. The van der Waals surface area contributed by atoms with Gasteiger partial charge in [0.2, 0.25) is 0 Å². The van der Waals surface area contributed by atoms with Gasteiger partial charge in [0.15, 0.2) is 0 Å². The fourth-order valence-electron chi connectivity index (χ4n) is 2.38. The average molecular weight is 216 g/mol. The molecule has 0 amide bonds. The van der Waals surface area contributed by atoms with Gasteiger partial charge in [0, 0.05) is 11.1 Å². The summed E-state index contributed by atoms with van der Waals surface area (Å²) in [6.07, 6.45) is 1.56. The minimum atomic E-state index is -0.330. The topological polar surface area (TPSA) is 0 Å². The van der Waals surface area contributed by atoms with Crippen LogP contribution >= 0.6 is 0 Å². The van der Waals surface area contributed by atoms with Crippen molar-refractivity contribution in [3.8, 4) is 11.1 Å². The average Bonchev–Trinajstić information content (AvgIpc) is 2.29. The Kier molecular flexibility index (Phi) is 2.03. The van der Waals surface area contributed by atoms with Gasteiger partial charge in [0.1, 0.15) is 11.6 Å². The molecular formula is C14H10F2. The van der Waals surface area contributed by atoms with Crippen LogP contribution in [0.1, 0.15) is 11.1 Å². The maximum absolute atomic E-state index is 13.8. The highest BCUT2D eigenvalue weighted by Crippen LogP contribution is 2.36. The Morgan fingerprint density at radius 1 is 0.688 bits per heavy atom. The Bertz CT molecular complexity index is 507. The maximum atomic E-state index is 13.8. The van der Waals surface area contributed by atoms with Crippen LogP contribution in [0.4, 0.5) is 8.78 Å². The van der Waals surface area contributed by atoms with Crippen LogP contribution in [0, 0.1) is 11.6 Å². The molecular weight excluding hydrogens is 206 g/mol. The highest BCUT2D eigenvalue weighted by Gasteiger charge is 2.21. The van der Waals surface area contributed by atoms with Crippen molar-refractivity contribution in [2.75, 3.05) is 0 Å². The van der Waals surface area contributed by atoms with Gasteiger partial charge in [-0.25, -0.2) is 8.78 Å². The zero-order chi connectivity index (χ0) is 11.1. The largest absolute Gasteiger partial charge is 0.206 e. The third kappa shape index (κ3) is 1.26. The molecule has 1 aliphatic carbocycles. The lowest BCUT2D eigenvalue weighted by atomic mass is 9.85. The van der Waals surface area contributed by atoms with Crippen molar-refractivity contribution in [1.29, 1.82) is 0 Å². The van der Waals surface area contributed by atoms with Crippen LogP contribution in [0.5, 0.6) is 0 Å². The van der Waals surface area contributed by atoms with Gasteiger partial charge in [-0.2, -0.15) is 0 Å². The fraction of sp³-hybridized carbons (Fsp3) is 0.143. The molecule has 0 bridgehead atoms. The molecule has 0 aromatic heterocycles. The summed E-state index contributed by atoms with van der Waals surface area (Å²) >= 11 is 0. The summed E-state index contributed by atoms with van der Waals surface area (Å²) in [6, 6.07) is 9.88. The summed E-state index contributed by atoms with van der Waals surface area (Å²) in [5.74, 6) is -0.660. The van der Waals surface area contributed by atoms with Crippen molar-refractivity contribution in [2.45, 2.75) is 12.8 Å². The quantitative estimate of drug-likeness (QED) is 0.629. The van der Waals surface area contributed by atoms with Gasteiger partial charge < -0.3 is 0 Å². The molecule has 16 heavy (non-hydrogen) atoms. The Morgan fingerprint density at radius 3 is 1.56 bits per heavy atom. The minimum absolute atomic E-state index is 0.330. The summed E-state index contributed by atoms with van der Waals surface area (Å²) in [4.78, 5) is 0. The predicted octanol–water partition coefficient (Wildman–Crippen LogP) is 3.73. The highest BCUT2D eigenvalue weighted by atomic mass is 19.1. The van der Waals surface area contributed by atoms with Gasteiger partial charge >= 0.3 is 0 Å². The molecule has 0 aliphatic heterocycles. The second-order valence-corrected chi connectivity index (χ2v) is 4.05. The summed E-state index contributed by atoms with van der Waals surface area (Å²) in [5.41, 5.74) is 2.69. The third-order valence-corrected chi connectivity index (χ3v) is 3.11. The van der Waals surface area contributed by atoms with Crippen molar-refractivity contribution in [1.82, 2.24) is 0 Å². The number of benzene rings is 2. The second-order valence-electron chi connectivity index (χ2n) is 4.05. The number of fused-ring (bicyclic) bond motifs is 3. The lowest BCUT2D eigenvalue weighted by molar-refractivity contribution is 0.609. The van der Waals surface area contributed by atoms with Crippen LogP contribution in [0.3, 0.4) is 0 Å². The van der Waals surface area contributed by atoms with E-state index in [0.717, 1.165) is 24.0 Å². The van der Waals surface area contributed by atoms with E-state index in [4.69, 9.17) is 0 Å². The van der Waals surface area contributed by atoms with Gasteiger partial charge in [-0.1, -0.05) is 24.3 Å². The summed E-state index contributed by atoms with van der Waals surface area (Å²) in [6.45, 7) is 0. The van der Waals surface area contributed by atoms with Gasteiger partial charge in [0.25, 0.3) is 0 Å². The molecule has 2 aromatic carbocycles. The van der Waals surface area contributed by atoms with E-state index < -0.39 is 0 Å². The first-order chi connectivity index (χ1) is 7.77. The monoisotopic (exact) mass is 216 g/mol. The molecule has 0 unspecified atom stereocenters. The molecule has 1 aliphatic rings. The molecule has 0 spiro atoms. The Balaban J connectivity index is 2.37. The third-order valence-electron chi connectivity index (χ3n) is 3.11. The van der Waals surface area contributed by atoms with Crippen molar-refractivity contribution in [3.63, 3.8) is 0 Å². The molecule has 2 aromatic rings. The smallest absolute Gasteiger partial charge is 0.131 e. The van der Waals surface area contributed by atoms with Gasteiger partial charge in [0.05, 0.1) is 0 Å². The lowest BCUT2D eigenvalue weighted by Crippen LogP contribution is -2.07. The molecule has 80 valence electrons. The lowest BCUT2D eigenvalue weighted by Gasteiger charge is -2.20. The first kappa shape index (κ1) is 9.52. The summed E-state index contributed by atoms with van der Waals surface area (Å²) in [5, 5.41) is 0. The molecule has 0 heterocycles. The van der Waals surface area contributed by atoms with Gasteiger partial charge in [-0.3, -0.25) is 0 Å². The van der Waals surface area contributed by atoms with E-state index in [1.54, 1.807) is 12.1 Å². The first-order valence-corrected chi connectivity index (χ1v) is 5.32. The normalized spacial score (nSPS) is 13.1. The zero-order valence-electron chi connectivity index (χ0n) is 8.63. The summed E-state index contributed by atoms with van der Waals surface area (Å²) < 4.78 is 27.5. The van der Waals surface area contributed by atoms with Crippen LogP contribution in [-0.4, -0.2) is 0 Å². The van der Waals surface area contributed by atoms with Crippen molar-refractivity contribution in [2.24, 2.45) is 0 Å². The number of halogens is 2. The van der Waals surface area contributed by atoms with E-state index in [1.165, 1.54) is 12.1 Å². The Morgan fingerprint density at radius 2 is 1.12 bits per heavy atom. The van der Waals surface area contributed by atoms with E-state index in [-0.39, 0.29) is 11.6 Å². The van der Waals surface area contributed by atoms with E-state index >= 15 is 0 Å². The molecule has 0 atom stereocenters. The number of aryl methyl sites for hydroxylation is 2. The molecule has 0 saturated carbocycles. The van der Waals surface area contributed by atoms with E-state index in [9.17, 15) is 8.78 Å². The van der Waals surface area contributed by atoms with Crippen LogP contribution in [0.25, 0.3) is 11.1 Å². The number of hydrogen-bond donors (Lipinski definition) is 0. The first-order valence-electron chi connectivity index (χ1n) is 5.32. The maximum Gasteiger partial charge on any atom is 0.131 e. The van der Waals surface area contributed by atoms with E-state index in [0.29, 0.717) is 11.1 Å². The molecule has 0 fully saturated rings. The number of rotatable bonds is 0. The van der Waals surface area contributed by atoms with E-state index in [1.807, 2.05) is 12.1 Å². The standard InChI is InChI=1S/C14H10F2/c15-11-5-1-3-9-7-8-10-4-2-6-12(16)14(10)13(9)11/h1-6H,7-8H2. The SMILES string of the molecule is Fc1cccc2c1-c1c(F)cccc1CC2. The van der Waals surface area contributed by atoms with Crippen molar-refractivity contribution >= 4 is 0 Å². The summed E-state index contributed by atoms with van der Waals surface area (Å²) in [7, 11) is 0. The predicted molar refractivity (Wildman–Crippen MR) is 59.2 cm³/mol. The molecule has 0 nitrogen and oxygen atoms in total. The minimum Gasteiger partial charge on any atom is -0.206 e. The van der Waals surface area contributed by atoms with Crippen LogP contribution in [0.15, 0.2) is 36.4 Å². The molecule has 0 radical (unpaired) electrons. The van der Waals surface area contributed by atoms with Crippen molar-refractivity contribution in [3.05, 3.63) is 59.2 Å². The number of hydrogen-bond acceptors (Lipinski definition) is 0. The second kappa shape index (κ2) is 3.41. The fourth-order valence-corrected chi connectivity index (χ4v) is 2.38. The molecule has 2 heteroatoms. The van der Waals surface area contributed by atoms with Gasteiger partial charge in [-0.05, 0) is 36.1 Å². The van der Waals surface area contributed by atoms with Crippen LogP contribution in [-0.2, 0) is 12.8 Å². The van der Waals surface area contributed by atoms with Crippen molar-refractivity contribution < 1.29 is 8.78 Å². The Hall–Kier alpha value is -1.70. The Labute approximate surface area is 92.5 Å². The molecule has 3 rings (SSSR count). The molecule has 0 N–H and O–H groups in total. The van der Waals surface area contributed by atoms with Gasteiger partial charge in [-0.15, -0.1) is 0 Å². The van der Waals surface area contributed by atoms with Crippen LogP contribution < -0.4 is 0 Å².